The number of alkyl halides is 1. The zero-order valence-corrected chi connectivity index (χ0v) is 10.6. The molecule has 0 saturated carbocycles. The normalized spacial score (nSPS) is 31.0. The van der Waals surface area contributed by atoms with Gasteiger partial charge in [-0.1, -0.05) is 0 Å². The number of nitrogens with two attached hydrogens (primary N) is 1. The van der Waals surface area contributed by atoms with Crippen LogP contribution in [0.15, 0.2) is 29.0 Å². The van der Waals surface area contributed by atoms with Crippen LogP contribution >= 0.6 is 22.6 Å². The summed E-state index contributed by atoms with van der Waals surface area (Å²) >= 11 is 1.82. The standard InChI is InChI=1S/C9H9FIN3O3/c10-3-4-6(15)7(11)17-8(4)14-2-1-5(12)13-9(14)16/h1-3,6-8,15H,(H2,12,13,16)/b4-3+/t6?,7-,8+/m0/s1. The lowest BCUT2D eigenvalue weighted by Gasteiger charge is -2.13. The lowest BCUT2D eigenvalue weighted by molar-refractivity contribution is 0.0395. The van der Waals surface area contributed by atoms with Crippen molar-refractivity contribution in [1.82, 2.24) is 9.55 Å². The predicted molar refractivity (Wildman–Crippen MR) is 66.0 cm³/mol. The van der Waals surface area contributed by atoms with Gasteiger partial charge in [0.15, 0.2) is 6.23 Å². The number of aliphatic hydroxyl groups is 1. The molecule has 3 atom stereocenters. The zero-order chi connectivity index (χ0) is 12.6. The van der Waals surface area contributed by atoms with E-state index in [0.29, 0.717) is 0 Å². The Morgan fingerprint density at radius 3 is 3.00 bits per heavy atom. The van der Waals surface area contributed by atoms with Crippen molar-refractivity contribution < 1.29 is 14.2 Å². The van der Waals surface area contributed by atoms with Gasteiger partial charge in [0.1, 0.15) is 16.0 Å². The smallest absolute Gasteiger partial charge is 0.351 e. The highest BCUT2D eigenvalue weighted by Crippen LogP contribution is 2.36. The second kappa shape index (κ2) is 4.70. The maximum absolute atomic E-state index is 12.7. The Labute approximate surface area is 109 Å². The van der Waals surface area contributed by atoms with Crippen molar-refractivity contribution in [3.8, 4) is 0 Å². The number of ether oxygens (including phenoxy) is 1. The molecule has 2 rings (SSSR count). The number of nitrogen functional groups attached to an aromatic ring is 1. The summed E-state index contributed by atoms with van der Waals surface area (Å²) < 4.78 is 18.4. The van der Waals surface area contributed by atoms with E-state index in [-0.39, 0.29) is 17.7 Å². The van der Waals surface area contributed by atoms with Gasteiger partial charge in [-0.15, -0.1) is 0 Å². The van der Waals surface area contributed by atoms with E-state index in [2.05, 4.69) is 4.98 Å². The molecule has 8 heteroatoms. The van der Waals surface area contributed by atoms with Crippen LogP contribution in [0.2, 0.25) is 0 Å². The molecule has 6 nitrogen and oxygen atoms in total. The number of aliphatic hydroxyl groups excluding tert-OH is 1. The van der Waals surface area contributed by atoms with Crippen molar-refractivity contribution in [2.75, 3.05) is 5.73 Å². The molecular formula is C9H9FIN3O3. The van der Waals surface area contributed by atoms with Crippen molar-refractivity contribution in [2.45, 2.75) is 16.4 Å². The van der Waals surface area contributed by atoms with E-state index in [4.69, 9.17) is 10.5 Å². The zero-order valence-electron chi connectivity index (χ0n) is 8.46. The fourth-order valence-electron chi connectivity index (χ4n) is 1.52. The Kier molecular flexibility index (Phi) is 3.45. The average Bonchev–Trinajstić information content (AvgIpc) is 2.55. The van der Waals surface area contributed by atoms with Gasteiger partial charge in [0.05, 0.1) is 6.33 Å². The van der Waals surface area contributed by atoms with Crippen LogP contribution in [-0.4, -0.2) is 24.9 Å². The van der Waals surface area contributed by atoms with E-state index in [0.717, 1.165) is 4.57 Å². The van der Waals surface area contributed by atoms with Crippen LogP contribution in [0.3, 0.4) is 0 Å². The Morgan fingerprint density at radius 1 is 1.71 bits per heavy atom. The number of rotatable bonds is 1. The Morgan fingerprint density at radius 2 is 2.41 bits per heavy atom. The highest BCUT2D eigenvalue weighted by molar-refractivity contribution is 14.1. The van der Waals surface area contributed by atoms with Crippen LogP contribution in [0.25, 0.3) is 0 Å². The van der Waals surface area contributed by atoms with Crippen molar-refractivity contribution in [2.24, 2.45) is 0 Å². The lowest BCUT2D eigenvalue weighted by Crippen LogP contribution is -2.28. The number of hydrogen-bond donors (Lipinski definition) is 2. The van der Waals surface area contributed by atoms with Gasteiger partial charge in [0.25, 0.3) is 0 Å². The van der Waals surface area contributed by atoms with Gasteiger partial charge < -0.3 is 15.6 Å². The van der Waals surface area contributed by atoms with Crippen LogP contribution < -0.4 is 11.4 Å². The number of nitrogens with zero attached hydrogens (tertiary/aromatic N) is 2. The van der Waals surface area contributed by atoms with Gasteiger partial charge in [-0.05, 0) is 28.7 Å². The Bertz CT molecular complexity index is 518. The molecule has 1 unspecified atom stereocenters. The summed E-state index contributed by atoms with van der Waals surface area (Å²) in [5, 5.41) is 9.63. The largest absolute Gasteiger partial charge is 0.385 e. The molecule has 1 aromatic rings. The molecule has 0 amide bonds. The topological polar surface area (TPSA) is 90.4 Å². The number of aromatic nitrogens is 2. The first-order valence-corrected chi connectivity index (χ1v) is 5.91. The van der Waals surface area contributed by atoms with Crippen LogP contribution in [0, 0.1) is 0 Å². The maximum Gasteiger partial charge on any atom is 0.351 e. The fourth-order valence-corrected chi connectivity index (χ4v) is 2.22. The molecule has 1 fully saturated rings. The summed E-state index contributed by atoms with van der Waals surface area (Å²) in [6, 6.07) is 1.40. The highest BCUT2D eigenvalue weighted by atomic mass is 127. The van der Waals surface area contributed by atoms with E-state index >= 15 is 0 Å². The molecule has 0 aliphatic carbocycles. The van der Waals surface area contributed by atoms with Crippen LogP contribution in [0.5, 0.6) is 0 Å². The van der Waals surface area contributed by atoms with Gasteiger partial charge in [0, 0.05) is 11.8 Å². The van der Waals surface area contributed by atoms with E-state index in [1.165, 1.54) is 12.3 Å². The third kappa shape index (κ3) is 2.19. The fraction of sp³-hybridized carbons (Fsp3) is 0.333. The second-order valence-corrected chi connectivity index (χ2v) is 4.66. The monoisotopic (exact) mass is 353 g/mol. The van der Waals surface area contributed by atoms with Crippen LogP contribution in [0.1, 0.15) is 6.23 Å². The third-order valence-electron chi connectivity index (χ3n) is 2.36. The quantitative estimate of drug-likeness (QED) is 0.561. The molecule has 0 bridgehead atoms. The van der Waals surface area contributed by atoms with Crippen LogP contribution in [-0.2, 0) is 4.74 Å². The molecule has 0 aromatic carbocycles. The molecule has 1 saturated heterocycles. The first-order valence-electron chi connectivity index (χ1n) is 4.67. The highest BCUT2D eigenvalue weighted by Gasteiger charge is 2.39. The first kappa shape index (κ1) is 12.5. The van der Waals surface area contributed by atoms with Crippen molar-refractivity contribution in [1.29, 1.82) is 0 Å². The number of anilines is 1. The van der Waals surface area contributed by atoms with Crippen molar-refractivity contribution in [3.05, 3.63) is 34.7 Å². The minimum absolute atomic E-state index is 0.0157. The van der Waals surface area contributed by atoms with Crippen LogP contribution in [0.4, 0.5) is 10.2 Å². The molecule has 1 aliphatic rings. The lowest BCUT2D eigenvalue weighted by atomic mass is 10.2. The van der Waals surface area contributed by atoms with Gasteiger partial charge >= 0.3 is 5.69 Å². The summed E-state index contributed by atoms with van der Waals surface area (Å²) in [4.78, 5) is 15.1. The van der Waals surface area contributed by atoms with Gasteiger partial charge in [-0.3, -0.25) is 4.57 Å². The number of halogens is 2. The minimum atomic E-state index is -1.09. The molecule has 3 N–H and O–H groups in total. The van der Waals surface area contributed by atoms with E-state index in [1.54, 1.807) is 0 Å². The summed E-state index contributed by atoms with van der Waals surface area (Å²) in [5.74, 6) is 0.0709. The molecule has 1 aliphatic heterocycles. The van der Waals surface area contributed by atoms with Gasteiger partial charge in [-0.25, -0.2) is 9.18 Å². The van der Waals surface area contributed by atoms with Crippen molar-refractivity contribution >= 4 is 28.4 Å². The molecule has 0 spiro atoms. The SMILES string of the molecule is Nc1ccn([C@@H]2O[C@H](I)C(O)/C2=C\F)c(=O)n1. The van der Waals surface area contributed by atoms with E-state index in [1.807, 2.05) is 22.6 Å². The summed E-state index contributed by atoms with van der Waals surface area (Å²) in [5.41, 5.74) is 4.67. The van der Waals surface area contributed by atoms with Gasteiger partial charge in [0.2, 0.25) is 0 Å². The average molecular weight is 353 g/mol. The Balaban J connectivity index is 2.44. The van der Waals surface area contributed by atoms with E-state index in [9.17, 15) is 14.3 Å². The molecule has 2 heterocycles. The summed E-state index contributed by atoms with van der Waals surface area (Å²) in [6.07, 6.45) is -0.482. The Hall–Kier alpha value is -1.00. The molecule has 1 aromatic heterocycles. The van der Waals surface area contributed by atoms with Crippen molar-refractivity contribution in [3.63, 3.8) is 0 Å². The summed E-state index contributed by atoms with van der Waals surface area (Å²) in [6.45, 7) is 0. The third-order valence-corrected chi connectivity index (χ3v) is 3.34. The first-order chi connectivity index (χ1) is 8.04. The molecule has 0 radical (unpaired) electrons. The molecular weight excluding hydrogens is 344 g/mol. The molecule has 92 valence electrons. The number of hydrogen-bond acceptors (Lipinski definition) is 5. The molecule has 17 heavy (non-hydrogen) atoms. The van der Waals surface area contributed by atoms with E-state index < -0.39 is 22.1 Å². The maximum atomic E-state index is 12.7. The summed E-state index contributed by atoms with van der Waals surface area (Å²) in [7, 11) is 0. The predicted octanol–water partition coefficient (Wildman–Crippen LogP) is 0.330. The minimum Gasteiger partial charge on any atom is -0.385 e. The van der Waals surface area contributed by atoms with Gasteiger partial charge in [-0.2, -0.15) is 4.98 Å². The second-order valence-electron chi connectivity index (χ2n) is 3.44.